The SMILES string of the molecule is CCN(CC)CC(=O)N1CCc2ccccc21. The summed E-state index contributed by atoms with van der Waals surface area (Å²) in [6.07, 6.45) is 0.986. The molecule has 3 heteroatoms. The van der Waals surface area contributed by atoms with Crippen molar-refractivity contribution in [3.63, 3.8) is 0 Å². The standard InChI is InChI=1S/C14H20N2O/c1-3-15(4-2)11-14(17)16-10-9-12-7-5-6-8-13(12)16/h5-8H,3-4,9-11H2,1-2H3. The number of anilines is 1. The summed E-state index contributed by atoms with van der Waals surface area (Å²) in [7, 11) is 0. The lowest BCUT2D eigenvalue weighted by atomic mass is 10.2. The number of carbonyl (C=O) groups excluding carboxylic acids is 1. The zero-order valence-electron chi connectivity index (χ0n) is 10.6. The van der Waals surface area contributed by atoms with Gasteiger partial charge in [0, 0.05) is 12.2 Å². The molecular formula is C14H20N2O. The monoisotopic (exact) mass is 232 g/mol. The highest BCUT2D eigenvalue weighted by molar-refractivity contribution is 5.96. The molecule has 0 saturated heterocycles. The summed E-state index contributed by atoms with van der Waals surface area (Å²) in [5.41, 5.74) is 2.39. The van der Waals surface area contributed by atoms with Gasteiger partial charge in [0.05, 0.1) is 6.54 Å². The molecule has 0 atom stereocenters. The minimum atomic E-state index is 0.221. The summed E-state index contributed by atoms with van der Waals surface area (Å²) in [5.74, 6) is 0.221. The topological polar surface area (TPSA) is 23.6 Å². The first kappa shape index (κ1) is 12.1. The molecule has 3 nitrogen and oxygen atoms in total. The van der Waals surface area contributed by atoms with Crippen LogP contribution in [-0.4, -0.2) is 37.0 Å². The molecule has 2 rings (SSSR count). The molecule has 0 unspecified atom stereocenters. The number of rotatable bonds is 4. The number of nitrogens with zero attached hydrogens (tertiary/aromatic N) is 2. The van der Waals surface area contributed by atoms with E-state index < -0.39 is 0 Å². The molecule has 1 heterocycles. The van der Waals surface area contributed by atoms with Crippen LogP contribution >= 0.6 is 0 Å². The number of hydrogen-bond acceptors (Lipinski definition) is 2. The third-order valence-corrected chi connectivity index (χ3v) is 3.44. The highest BCUT2D eigenvalue weighted by Crippen LogP contribution is 2.27. The third kappa shape index (κ3) is 2.50. The molecule has 0 radical (unpaired) electrons. The average Bonchev–Trinajstić information content (AvgIpc) is 2.79. The summed E-state index contributed by atoms with van der Waals surface area (Å²) in [5, 5.41) is 0. The van der Waals surface area contributed by atoms with E-state index in [1.54, 1.807) is 0 Å². The van der Waals surface area contributed by atoms with Gasteiger partial charge in [-0.2, -0.15) is 0 Å². The molecule has 1 aromatic rings. The molecular weight excluding hydrogens is 212 g/mol. The van der Waals surface area contributed by atoms with Crippen molar-refractivity contribution in [2.75, 3.05) is 31.1 Å². The predicted octanol–water partition coefficient (Wildman–Crippen LogP) is 1.92. The smallest absolute Gasteiger partial charge is 0.241 e. The van der Waals surface area contributed by atoms with Gasteiger partial charge in [-0.05, 0) is 31.1 Å². The van der Waals surface area contributed by atoms with Crippen LogP contribution in [0.2, 0.25) is 0 Å². The fraction of sp³-hybridized carbons (Fsp3) is 0.500. The molecule has 92 valence electrons. The second kappa shape index (κ2) is 5.32. The molecule has 0 bridgehead atoms. The van der Waals surface area contributed by atoms with Crippen LogP contribution in [0.3, 0.4) is 0 Å². The maximum atomic E-state index is 12.2. The Hall–Kier alpha value is -1.35. The second-order valence-electron chi connectivity index (χ2n) is 4.39. The Kier molecular flexibility index (Phi) is 3.79. The van der Waals surface area contributed by atoms with E-state index in [9.17, 15) is 4.79 Å². The molecule has 1 aliphatic heterocycles. The van der Waals surface area contributed by atoms with Crippen LogP contribution in [0.15, 0.2) is 24.3 Å². The van der Waals surface area contributed by atoms with Gasteiger partial charge in [-0.25, -0.2) is 0 Å². The van der Waals surface area contributed by atoms with Crippen LogP contribution in [0.25, 0.3) is 0 Å². The molecule has 1 aliphatic rings. The maximum Gasteiger partial charge on any atom is 0.241 e. The predicted molar refractivity (Wildman–Crippen MR) is 70.3 cm³/mol. The molecule has 0 saturated carbocycles. The quantitative estimate of drug-likeness (QED) is 0.792. The number of likely N-dealkylation sites (N-methyl/N-ethyl adjacent to an activating group) is 1. The number of hydrogen-bond donors (Lipinski definition) is 0. The molecule has 0 N–H and O–H groups in total. The van der Waals surface area contributed by atoms with Crippen molar-refractivity contribution in [3.8, 4) is 0 Å². The van der Waals surface area contributed by atoms with Gasteiger partial charge in [-0.1, -0.05) is 32.0 Å². The van der Waals surface area contributed by atoms with Crippen molar-refractivity contribution in [2.45, 2.75) is 20.3 Å². The third-order valence-electron chi connectivity index (χ3n) is 3.44. The van der Waals surface area contributed by atoms with Crippen molar-refractivity contribution < 1.29 is 4.79 Å². The van der Waals surface area contributed by atoms with E-state index in [-0.39, 0.29) is 5.91 Å². The number of fused-ring (bicyclic) bond motifs is 1. The Morgan fingerprint density at radius 3 is 2.71 bits per heavy atom. The van der Waals surface area contributed by atoms with Gasteiger partial charge in [0.15, 0.2) is 0 Å². The average molecular weight is 232 g/mol. The lowest BCUT2D eigenvalue weighted by Gasteiger charge is -2.22. The highest BCUT2D eigenvalue weighted by atomic mass is 16.2. The van der Waals surface area contributed by atoms with E-state index in [1.807, 2.05) is 23.1 Å². The first-order valence-corrected chi connectivity index (χ1v) is 6.36. The lowest BCUT2D eigenvalue weighted by Crippen LogP contribution is -2.39. The van der Waals surface area contributed by atoms with E-state index in [0.717, 1.165) is 31.7 Å². The molecule has 0 fully saturated rings. The van der Waals surface area contributed by atoms with Gasteiger partial charge in [0.2, 0.25) is 5.91 Å². The van der Waals surface area contributed by atoms with Gasteiger partial charge < -0.3 is 4.90 Å². The van der Waals surface area contributed by atoms with E-state index in [2.05, 4.69) is 24.8 Å². The largest absolute Gasteiger partial charge is 0.311 e. The fourth-order valence-corrected chi connectivity index (χ4v) is 2.32. The molecule has 1 aromatic carbocycles. The molecule has 0 aliphatic carbocycles. The first-order valence-electron chi connectivity index (χ1n) is 6.36. The van der Waals surface area contributed by atoms with E-state index >= 15 is 0 Å². The van der Waals surface area contributed by atoms with Crippen molar-refractivity contribution >= 4 is 11.6 Å². The van der Waals surface area contributed by atoms with Crippen molar-refractivity contribution in [1.29, 1.82) is 0 Å². The molecule has 0 aromatic heterocycles. The number of carbonyl (C=O) groups is 1. The molecule has 17 heavy (non-hydrogen) atoms. The fourth-order valence-electron chi connectivity index (χ4n) is 2.32. The second-order valence-corrected chi connectivity index (χ2v) is 4.39. The summed E-state index contributed by atoms with van der Waals surface area (Å²) < 4.78 is 0. The van der Waals surface area contributed by atoms with Crippen LogP contribution in [-0.2, 0) is 11.2 Å². The normalized spacial score (nSPS) is 14.2. The van der Waals surface area contributed by atoms with Crippen LogP contribution in [0.4, 0.5) is 5.69 Å². The Morgan fingerprint density at radius 2 is 2.00 bits per heavy atom. The van der Waals surface area contributed by atoms with Crippen molar-refractivity contribution in [2.24, 2.45) is 0 Å². The van der Waals surface area contributed by atoms with Crippen LogP contribution < -0.4 is 4.90 Å². The van der Waals surface area contributed by atoms with Crippen molar-refractivity contribution in [3.05, 3.63) is 29.8 Å². The zero-order valence-corrected chi connectivity index (χ0v) is 10.6. The minimum absolute atomic E-state index is 0.221. The van der Waals surface area contributed by atoms with Gasteiger partial charge in [0.25, 0.3) is 0 Å². The van der Waals surface area contributed by atoms with E-state index in [1.165, 1.54) is 5.56 Å². The maximum absolute atomic E-state index is 12.2. The summed E-state index contributed by atoms with van der Waals surface area (Å²) >= 11 is 0. The van der Waals surface area contributed by atoms with Crippen LogP contribution in [0.5, 0.6) is 0 Å². The van der Waals surface area contributed by atoms with Gasteiger partial charge in [-0.15, -0.1) is 0 Å². The summed E-state index contributed by atoms with van der Waals surface area (Å²) in [4.78, 5) is 16.3. The minimum Gasteiger partial charge on any atom is -0.311 e. The number of amides is 1. The Labute approximate surface area is 103 Å². The zero-order chi connectivity index (χ0) is 12.3. The Balaban J connectivity index is 2.07. The Bertz CT molecular complexity index is 399. The number of benzene rings is 1. The van der Waals surface area contributed by atoms with E-state index in [4.69, 9.17) is 0 Å². The summed E-state index contributed by atoms with van der Waals surface area (Å²) in [6.45, 7) is 7.40. The van der Waals surface area contributed by atoms with E-state index in [0.29, 0.717) is 6.54 Å². The molecule has 0 spiro atoms. The van der Waals surface area contributed by atoms with Gasteiger partial charge in [0.1, 0.15) is 0 Å². The number of para-hydroxylation sites is 1. The van der Waals surface area contributed by atoms with Gasteiger partial charge >= 0.3 is 0 Å². The van der Waals surface area contributed by atoms with Gasteiger partial charge in [-0.3, -0.25) is 9.69 Å². The highest BCUT2D eigenvalue weighted by Gasteiger charge is 2.24. The van der Waals surface area contributed by atoms with Crippen molar-refractivity contribution in [1.82, 2.24) is 4.90 Å². The first-order chi connectivity index (χ1) is 8.26. The van der Waals surface area contributed by atoms with Crippen LogP contribution in [0.1, 0.15) is 19.4 Å². The van der Waals surface area contributed by atoms with Crippen LogP contribution in [0, 0.1) is 0 Å². The Morgan fingerprint density at radius 1 is 1.29 bits per heavy atom. The lowest BCUT2D eigenvalue weighted by molar-refractivity contribution is -0.119. The summed E-state index contributed by atoms with van der Waals surface area (Å²) in [6, 6.07) is 8.20. The molecule has 1 amide bonds.